The van der Waals surface area contributed by atoms with E-state index in [-0.39, 0.29) is 16.8 Å². The zero-order valence-corrected chi connectivity index (χ0v) is 14.6. The lowest BCUT2D eigenvalue weighted by Crippen LogP contribution is -2.54. The largest absolute Gasteiger partial charge is 0.597 e. The first-order valence-electron chi connectivity index (χ1n) is 7.46. The molecule has 0 radical (unpaired) electrons. The van der Waals surface area contributed by atoms with Gasteiger partial charge in [-0.15, -0.1) is 10.9 Å². The van der Waals surface area contributed by atoms with Gasteiger partial charge in [0.15, 0.2) is 0 Å². The Bertz CT molecular complexity index is 490. The fourth-order valence-electron chi connectivity index (χ4n) is 3.06. The fraction of sp³-hybridized carbons (Fsp3) is 0.529. The van der Waals surface area contributed by atoms with E-state index >= 15 is 0 Å². The summed E-state index contributed by atoms with van der Waals surface area (Å²) in [5.74, 6) is 0. The summed E-state index contributed by atoms with van der Waals surface area (Å²) in [6.45, 7) is 10.2. The van der Waals surface area contributed by atoms with Crippen LogP contribution in [-0.4, -0.2) is 19.6 Å². The zero-order chi connectivity index (χ0) is 15.6. The van der Waals surface area contributed by atoms with Crippen LogP contribution < -0.4 is 0 Å². The van der Waals surface area contributed by atoms with Gasteiger partial charge in [0.1, 0.15) is 4.75 Å². The van der Waals surface area contributed by atoms with Gasteiger partial charge in [-0.25, -0.2) is 0 Å². The highest BCUT2D eigenvalue weighted by molar-refractivity contribution is 7.90. The van der Waals surface area contributed by atoms with Crippen molar-refractivity contribution in [1.29, 1.82) is 0 Å². The number of nitrogens with zero attached hydrogens (tertiary/aromatic N) is 1. The molecule has 0 amide bonds. The second kappa shape index (κ2) is 6.74. The van der Waals surface area contributed by atoms with Gasteiger partial charge in [-0.3, -0.25) is 0 Å². The topological polar surface area (TPSA) is 26.3 Å². The number of benzene rings is 1. The SMILES string of the molecule is C=CC[C@]1(C)CCC(c2ccc(Cl)cc2)N(C(C)C)[S+]1[O-]. The van der Waals surface area contributed by atoms with Crippen molar-refractivity contribution in [3.63, 3.8) is 0 Å². The van der Waals surface area contributed by atoms with Crippen LogP contribution in [0.5, 0.6) is 0 Å². The first-order valence-corrected chi connectivity index (χ1v) is 8.94. The number of hydrogen-bond acceptors (Lipinski definition) is 2. The predicted molar refractivity (Wildman–Crippen MR) is 91.8 cm³/mol. The molecule has 2 nitrogen and oxygen atoms in total. The van der Waals surface area contributed by atoms with E-state index in [0.29, 0.717) is 0 Å². The van der Waals surface area contributed by atoms with E-state index < -0.39 is 11.4 Å². The molecule has 1 aliphatic rings. The quantitative estimate of drug-likeness (QED) is 0.582. The van der Waals surface area contributed by atoms with Gasteiger partial charge >= 0.3 is 0 Å². The van der Waals surface area contributed by atoms with Crippen molar-refractivity contribution >= 4 is 23.0 Å². The standard InChI is InChI=1S/C17H24ClNOS/c1-5-11-17(4)12-10-16(19(13(2)3)21(17)20)14-6-8-15(18)9-7-14/h5-9,13,16H,1,10-12H2,2-4H3/t16?,17-,21?/m1/s1. The molecule has 1 fully saturated rings. The summed E-state index contributed by atoms with van der Waals surface area (Å²) in [6, 6.07) is 8.36. The Kier molecular flexibility index (Phi) is 5.42. The molecular formula is C17H24ClNOS. The van der Waals surface area contributed by atoms with Crippen molar-refractivity contribution < 1.29 is 4.55 Å². The van der Waals surface area contributed by atoms with E-state index in [2.05, 4.69) is 43.8 Å². The Morgan fingerprint density at radius 3 is 2.62 bits per heavy atom. The minimum atomic E-state index is -1.02. The molecule has 0 N–H and O–H groups in total. The molecule has 0 saturated carbocycles. The van der Waals surface area contributed by atoms with Crippen LogP contribution in [0.3, 0.4) is 0 Å². The lowest BCUT2D eigenvalue weighted by Gasteiger charge is -2.47. The molecule has 0 spiro atoms. The molecule has 0 aromatic heterocycles. The van der Waals surface area contributed by atoms with Gasteiger partial charge in [0.05, 0.1) is 12.1 Å². The maximum Gasteiger partial charge on any atom is 0.146 e. The fourth-order valence-corrected chi connectivity index (χ4v) is 5.08. The van der Waals surface area contributed by atoms with Gasteiger partial charge in [0, 0.05) is 29.2 Å². The second-order valence-corrected chi connectivity index (χ2v) is 8.59. The van der Waals surface area contributed by atoms with Gasteiger partial charge in [-0.2, -0.15) is 0 Å². The Hall–Kier alpha value is -0.480. The highest BCUT2D eigenvalue weighted by atomic mass is 35.5. The van der Waals surface area contributed by atoms with Crippen LogP contribution in [0.15, 0.2) is 36.9 Å². The van der Waals surface area contributed by atoms with Crippen molar-refractivity contribution in [3.05, 3.63) is 47.5 Å². The smallest absolute Gasteiger partial charge is 0.146 e. The van der Waals surface area contributed by atoms with Crippen molar-refractivity contribution in [2.75, 3.05) is 0 Å². The average Bonchev–Trinajstić information content (AvgIpc) is 2.43. The Morgan fingerprint density at radius 1 is 1.48 bits per heavy atom. The van der Waals surface area contributed by atoms with E-state index in [1.54, 1.807) is 0 Å². The van der Waals surface area contributed by atoms with Gasteiger partial charge in [0.2, 0.25) is 0 Å². The molecule has 116 valence electrons. The van der Waals surface area contributed by atoms with E-state index in [4.69, 9.17) is 11.6 Å². The molecular weight excluding hydrogens is 302 g/mol. The van der Waals surface area contributed by atoms with Gasteiger partial charge in [-0.05, 0) is 44.9 Å². The molecule has 21 heavy (non-hydrogen) atoms. The molecule has 1 aromatic rings. The molecule has 2 unspecified atom stereocenters. The van der Waals surface area contributed by atoms with Crippen LogP contribution in [-0.2, 0) is 11.4 Å². The minimum Gasteiger partial charge on any atom is -0.597 e. The van der Waals surface area contributed by atoms with E-state index in [0.717, 1.165) is 24.3 Å². The number of rotatable bonds is 4. The highest BCUT2D eigenvalue weighted by Crippen LogP contribution is 2.45. The van der Waals surface area contributed by atoms with Gasteiger partial charge in [0.25, 0.3) is 0 Å². The molecule has 3 atom stereocenters. The predicted octanol–water partition coefficient (Wildman–Crippen LogP) is 4.88. The van der Waals surface area contributed by atoms with Crippen LogP contribution in [0.4, 0.5) is 0 Å². The van der Waals surface area contributed by atoms with Crippen molar-refractivity contribution in [3.8, 4) is 0 Å². The lowest BCUT2D eigenvalue weighted by atomic mass is 9.93. The Labute approximate surface area is 136 Å². The van der Waals surface area contributed by atoms with Gasteiger partial charge < -0.3 is 4.55 Å². The summed E-state index contributed by atoms with van der Waals surface area (Å²) in [5.41, 5.74) is 1.20. The number of halogens is 1. The monoisotopic (exact) mass is 325 g/mol. The van der Waals surface area contributed by atoms with Crippen LogP contribution in [0.25, 0.3) is 0 Å². The van der Waals surface area contributed by atoms with Crippen LogP contribution in [0.2, 0.25) is 5.02 Å². The van der Waals surface area contributed by atoms with Crippen LogP contribution >= 0.6 is 11.6 Å². The third kappa shape index (κ3) is 3.48. The second-order valence-electron chi connectivity index (χ2n) is 6.25. The van der Waals surface area contributed by atoms with E-state index in [1.807, 2.05) is 18.2 Å². The highest BCUT2D eigenvalue weighted by Gasteiger charge is 2.49. The van der Waals surface area contributed by atoms with Crippen molar-refractivity contribution in [2.24, 2.45) is 0 Å². The first kappa shape index (κ1) is 16.9. The molecule has 0 bridgehead atoms. The first-order chi connectivity index (χ1) is 9.89. The Morgan fingerprint density at radius 2 is 2.10 bits per heavy atom. The maximum atomic E-state index is 13.1. The third-order valence-electron chi connectivity index (χ3n) is 4.21. The number of allylic oxidation sites excluding steroid dienone is 1. The molecule has 1 heterocycles. The normalized spacial score (nSPS) is 30.6. The molecule has 4 heteroatoms. The maximum absolute atomic E-state index is 13.1. The summed E-state index contributed by atoms with van der Waals surface area (Å²) in [5, 5.41) is 0.739. The van der Waals surface area contributed by atoms with Crippen LogP contribution in [0, 0.1) is 0 Å². The molecule has 0 aliphatic carbocycles. The van der Waals surface area contributed by atoms with Crippen LogP contribution in [0.1, 0.15) is 51.6 Å². The van der Waals surface area contributed by atoms with E-state index in [9.17, 15) is 4.55 Å². The van der Waals surface area contributed by atoms with Crippen molar-refractivity contribution in [2.45, 2.75) is 56.9 Å². The molecule has 1 aromatic carbocycles. The number of hydrogen-bond donors (Lipinski definition) is 0. The average molecular weight is 326 g/mol. The molecule has 2 rings (SSSR count). The molecule has 1 saturated heterocycles. The summed E-state index contributed by atoms with van der Waals surface area (Å²) < 4.78 is 15.0. The lowest BCUT2D eigenvalue weighted by molar-refractivity contribution is 0.217. The molecule has 1 aliphatic heterocycles. The van der Waals surface area contributed by atoms with E-state index in [1.165, 1.54) is 5.56 Å². The minimum absolute atomic E-state index is 0.195. The Balaban J connectivity index is 2.31. The summed E-state index contributed by atoms with van der Waals surface area (Å²) in [7, 11) is 0. The summed E-state index contributed by atoms with van der Waals surface area (Å²) in [4.78, 5) is 0. The van der Waals surface area contributed by atoms with Gasteiger partial charge in [-0.1, -0.05) is 29.8 Å². The third-order valence-corrected chi connectivity index (χ3v) is 6.73. The zero-order valence-electron chi connectivity index (χ0n) is 13.0. The summed E-state index contributed by atoms with van der Waals surface area (Å²) in [6.07, 6.45) is 4.63. The van der Waals surface area contributed by atoms with Crippen molar-refractivity contribution in [1.82, 2.24) is 4.31 Å². The summed E-state index contributed by atoms with van der Waals surface area (Å²) >= 11 is 4.96.